The van der Waals surface area contributed by atoms with Gasteiger partial charge in [0, 0.05) is 30.9 Å². The Morgan fingerprint density at radius 1 is 1.33 bits per heavy atom. The van der Waals surface area contributed by atoms with Crippen LogP contribution in [0, 0.1) is 0 Å². The van der Waals surface area contributed by atoms with E-state index in [-0.39, 0.29) is 12.1 Å². The maximum Gasteiger partial charge on any atom is 0.120 e. The van der Waals surface area contributed by atoms with Crippen LogP contribution < -0.4 is 15.0 Å². The number of likely N-dealkylation sites (N-methyl/N-ethyl adjacent to an activating group) is 1. The number of anilines is 1. The Morgan fingerprint density at radius 3 is 2.71 bits per heavy atom. The summed E-state index contributed by atoms with van der Waals surface area (Å²) in [6, 6.07) is 8.12. The summed E-state index contributed by atoms with van der Waals surface area (Å²) in [5, 5.41) is 12.8. The van der Waals surface area contributed by atoms with Crippen molar-refractivity contribution in [1.29, 1.82) is 0 Å². The maximum absolute atomic E-state index is 9.47. The minimum absolute atomic E-state index is 0.150. The molecule has 0 aliphatic rings. The fourth-order valence-electron chi connectivity index (χ4n) is 2.49. The maximum atomic E-state index is 9.47. The lowest BCUT2D eigenvalue weighted by atomic mass is 9.95. The van der Waals surface area contributed by atoms with E-state index in [0.29, 0.717) is 0 Å². The molecule has 21 heavy (non-hydrogen) atoms. The molecule has 4 heteroatoms. The van der Waals surface area contributed by atoms with E-state index in [0.717, 1.165) is 38.1 Å². The van der Waals surface area contributed by atoms with Crippen LogP contribution >= 0.6 is 0 Å². The Labute approximate surface area is 129 Å². The molecule has 0 bridgehead atoms. The number of nitrogens with one attached hydrogen (secondary N) is 1. The predicted octanol–water partition coefficient (Wildman–Crippen LogP) is 2.66. The van der Waals surface area contributed by atoms with Gasteiger partial charge < -0.3 is 20.1 Å². The number of nitrogens with zero attached hydrogens (tertiary/aromatic N) is 1. The van der Waals surface area contributed by atoms with Gasteiger partial charge in [-0.1, -0.05) is 13.0 Å². The minimum atomic E-state index is -0.150. The zero-order chi connectivity index (χ0) is 15.7. The number of methoxy groups -OCH3 is 1. The van der Waals surface area contributed by atoms with Crippen molar-refractivity contribution >= 4 is 5.69 Å². The summed E-state index contributed by atoms with van der Waals surface area (Å²) in [5.41, 5.74) is 1.02. The first-order valence-electron chi connectivity index (χ1n) is 7.75. The second-order valence-electron chi connectivity index (χ2n) is 5.83. The van der Waals surface area contributed by atoms with Crippen LogP contribution in [0.1, 0.15) is 33.1 Å². The van der Waals surface area contributed by atoms with Crippen LogP contribution in [0.3, 0.4) is 0 Å². The Kier molecular flexibility index (Phi) is 7.54. The molecule has 0 heterocycles. The van der Waals surface area contributed by atoms with Crippen molar-refractivity contribution in [2.45, 2.75) is 38.6 Å². The summed E-state index contributed by atoms with van der Waals surface area (Å²) < 4.78 is 5.25. The first kappa shape index (κ1) is 17.8. The van der Waals surface area contributed by atoms with Gasteiger partial charge in [-0.15, -0.1) is 0 Å². The predicted molar refractivity (Wildman–Crippen MR) is 89.3 cm³/mol. The van der Waals surface area contributed by atoms with E-state index < -0.39 is 0 Å². The molecule has 0 aliphatic heterocycles. The van der Waals surface area contributed by atoms with Gasteiger partial charge >= 0.3 is 0 Å². The van der Waals surface area contributed by atoms with Gasteiger partial charge in [-0.2, -0.15) is 0 Å². The molecule has 0 saturated carbocycles. The third-order valence-electron chi connectivity index (χ3n) is 3.92. The number of rotatable bonds is 10. The minimum Gasteiger partial charge on any atom is -0.497 e. The molecular weight excluding hydrogens is 264 g/mol. The van der Waals surface area contributed by atoms with E-state index >= 15 is 0 Å². The number of hydrogen-bond donors (Lipinski definition) is 2. The molecule has 120 valence electrons. The van der Waals surface area contributed by atoms with Gasteiger partial charge in [0.1, 0.15) is 5.75 Å². The molecule has 0 saturated heterocycles. The van der Waals surface area contributed by atoms with Crippen LogP contribution in [-0.2, 0) is 0 Å². The molecule has 1 aromatic carbocycles. The topological polar surface area (TPSA) is 44.7 Å². The van der Waals surface area contributed by atoms with E-state index in [2.05, 4.69) is 43.2 Å². The molecular formula is C17H30N2O2. The zero-order valence-corrected chi connectivity index (χ0v) is 13.9. The van der Waals surface area contributed by atoms with Crippen LogP contribution in [0.5, 0.6) is 5.75 Å². The van der Waals surface area contributed by atoms with Crippen LogP contribution in [0.25, 0.3) is 0 Å². The van der Waals surface area contributed by atoms with Crippen molar-refractivity contribution in [2.24, 2.45) is 0 Å². The van der Waals surface area contributed by atoms with Gasteiger partial charge in [0.25, 0.3) is 0 Å². The number of hydrogen-bond acceptors (Lipinski definition) is 4. The van der Waals surface area contributed by atoms with E-state index in [1.165, 1.54) is 5.69 Å². The monoisotopic (exact) mass is 294 g/mol. The first-order chi connectivity index (χ1) is 10.0. The number of aliphatic hydroxyl groups is 1. The van der Waals surface area contributed by atoms with E-state index in [4.69, 9.17) is 4.74 Å². The molecule has 4 nitrogen and oxygen atoms in total. The number of aliphatic hydroxyl groups excluding tert-OH is 1. The number of benzene rings is 1. The lowest BCUT2D eigenvalue weighted by Crippen LogP contribution is -2.45. The summed E-state index contributed by atoms with van der Waals surface area (Å²) in [4.78, 5) is 2.24. The van der Waals surface area contributed by atoms with Crippen molar-refractivity contribution in [3.63, 3.8) is 0 Å². The van der Waals surface area contributed by atoms with Gasteiger partial charge in [0.2, 0.25) is 0 Å². The lowest BCUT2D eigenvalue weighted by molar-refractivity contribution is 0.165. The summed E-state index contributed by atoms with van der Waals surface area (Å²) >= 11 is 0. The first-order valence-corrected chi connectivity index (χ1v) is 7.75. The van der Waals surface area contributed by atoms with Crippen molar-refractivity contribution < 1.29 is 9.84 Å². The zero-order valence-electron chi connectivity index (χ0n) is 13.9. The molecule has 0 aliphatic carbocycles. The molecule has 1 unspecified atom stereocenters. The molecule has 0 aromatic heterocycles. The van der Waals surface area contributed by atoms with E-state index in [9.17, 15) is 5.11 Å². The standard InChI is InChI=1S/C17H30N2O2/c1-5-18-17(2,14-20)11-6-7-12-19(3)15-9-8-10-16(13-15)21-4/h8-10,13,18,20H,5-7,11-12,14H2,1-4H3. The van der Waals surface area contributed by atoms with Crippen LogP contribution in [0.2, 0.25) is 0 Å². The Balaban J connectivity index is 2.37. The third kappa shape index (κ3) is 5.94. The van der Waals surface area contributed by atoms with Crippen LogP contribution in [0.15, 0.2) is 24.3 Å². The quantitative estimate of drug-likeness (QED) is 0.651. The number of ether oxygens (including phenoxy) is 1. The molecule has 0 spiro atoms. The highest BCUT2D eigenvalue weighted by atomic mass is 16.5. The Bertz CT molecular complexity index is 412. The van der Waals surface area contributed by atoms with Gasteiger partial charge in [0.15, 0.2) is 0 Å². The molecule has 0 radical (unpaired) electrons. The molecule has 1 aromatic rings. The smallest absolute Gasteiger partial charge is 0.120 e. The van der Waals surface area contributed by atoms with Gasteiger partial charge in [-0.3, -0.25) is 0 Å². The summed E-state index contributed by atoms with van der Waals surface area (Å²) in [6.07, 6.45) is 3.19. The molecule has 1 rings (SSSR count). The SMILES string of the molecule is CCNC(C)(CO)CCCCN(C)c1cccc(OC)c1. The van der Waals surface area contributed by atoms with E-state index in [1.807, 2.05) is 12.1 Å². The lowest BCUT2D eigenvalue weighted by Gasteiger charge is -2.29. The second kappa shape index (κ2) is 8.90. The second-order valence-corrected chi connectivity index (χ2v) is 5.83. The van der Waals surface area contributed by atoms with Crippen molar-refractivity contribution in [3.8, 4) is 5.75 Å². The van der Waals surface area contributed by atoms with Gasteiger partial charge in [0.05, 0.1) is 13.7 Å². The average molecular weight is 294 g/mol. The highest BCUT2D eigenvalue weighted by molar-refractivity contribution is 5.49. The Morgan fingerprint density at radius 2 is 2.10 bits per heavy atom. The average Bonchev–Trinajstić information content (AvgIpc) is 2.51. The largest absolute Gasteiger partial charge is 0.497 e. The van der Waals surface area contributed by atoms with Crippen LogP contribution in [-0.4, -0.2) is 44.5 Å². The highest BCUT2D eigenvalue weighted by Crippen LogP contribution is 2.20. The molecule has 2 N–H and O–H groups in total. The summed E-state index contributed by atoms with van der Waals surface area (Å²) in [5.74, 6) is 0.888. The molecule has 0 amide bonds. The molecule has 1 atom stereocenters. The summed E-state index contributed by atoms with van der Waals surface area (Å²) in [7, 11) is 3.79. The van der Waals surface area contributed by atoms with Gasteiger partial charge in [-0.05, 0) is 44.9 Å². The van der Waals surface area contributed by atoms with E-state index in [1.54, 1.807) is 7.11 Å². The summed E-state index contributed by atoms with van der Waals surface area (Å²) in [6.45, 7) is 6.24. The van der Waals surface area contributed by atoms with Crippen molar-refractivity contribution in [2.75, 3.05) is 38.8 Å². The van der Waals surface area contributed by atoms with Gasteiger partial charge in [-0.25, -0.2) is 0 Å². The number of unbranched alkanes of at least 4 members (excludes halogenated alkanes) is 1. The third-order valence-corrected chi connectivity index (χ3v) is 3.92. The van der Waals surface area contributed by atoms with Crippen molar-refractivity contribution in [1.82, 2.24) is 5.32 Å². The van der Waals surface area contributed by atoms with Crippen molar-refractivity contribution in [3.05, 3.63) is 24.3 Å². The Hall–Kier alpha value is -1.26. The fraction of sp³-hybridized carbons (Fsp3) is 0.647. The fourth-order valence-corrected chi connectivity index (χ4v) is 2.49. The molecule has 0 fully saturated rings. The normalized spacial score (nSPS) is 13.8. The van der Waals surface area contributed by atoms with Crippen LogP contribution in [0.4, 0.5) is 5.69 Å². The highest BCUT2D eigenvalue weighted by Gasteiger charge is 2.20.